The lowest BCUT2D eigenvalue weighted by Crippen LogP contribution is -2.47. The van der Waals surface area contributed by atoms with E-state index in [1.807, 2.05) is 24.3 Å². The van der Waals surface area contributed by atoms with E-state index >= 15 is 0 Å². The summed E-state index contributed by atoms with van der Waals surface area (Å²) in [7, 11) is 1.71. The minimum atomic E-state index is -1.03. The molecular formula is C23H24Cl2N4O2. The van der Waals surface area contributed by atoms with Crippen LogP contribution < -0.4 is 15.5 Å². The van der Waals surface area contributed by atoms with Gasteiger partial charge in [-0.2, -0.15) is 0 Å². The van der Waals surface area contributed by atoms with E-state index in [2.05, 4.69) is 10.6 Å². The van der Waals surface area contributed by atoms with Crippen LogP contribution in [0, 0.1) is 5.92 Å². The molecule has 162 valence electrons. The van der Waals surface area contributed by atoms with Gasteiger partial charge < -0.3 is 15.5 Å². The number of aliphatic imine (C=N–C) groups is 1. The molecule has 1 fully saturated rings. The summed E-state index contributed by atoms with van der Waals surface area (Å²) in [5, 5.41) is 5.94. The molecule has 6 nitrogen and oxygen atoms in total. The molecule has 0 saturated heterocycles. The minimum Gasteiger partial charge on any atom is -0.311 e. The molecule has 0 bridgehead atoms. The SMILES string of the molecule is CN1C(=O)C(NC(=O)Nc2cccc(Cl)c2Cl)N=C(C2CCCCC2)c2ccccc21. The number of nitrogens with zero attached hydrogens (tertiary/aromatic N) is 2. The largest absolute Gasteiger partial charge is 0.321 e. The van der Waals surface area contributed by atoms with Crippen LogP contribution in [0.2, 0.25) is 10.0 Å². The van der Waals surface area contributed by atoms with E-state index in [1.165, 1.54) is 6.42 Å². The van der Waals surface area contributed by atoms with Gasteiger partial charge in [-0.3, -0.25) is 9.79 Å². The molecule has 1 saturated carbocycles. The summed E-state index contributed by atoms with van der Waals surface area (Å²) >= 11 is 12.2. The van der Waals surface area contributed by atoms with Gasteiger partial charge in [-0.25, -0.2) is 4.79 Å². The van der Waals surface area contributed by atoms with Gasteiger partial charge in [0.25, 0.3) is 5.91 Å². The Hall–Kier alpha value is -2.57. The molecule has 1 aliphatic heterocycles. The van der Waals surface area contributed by atoms with Gasteiger partial charge in [0, 0.05) is 18.5 Å². The Morgan fingerprint density at radius 2 is 1.81 bits per heavy atom. The second-order valence-electron chi connectivity index (χ2n) is 7.87. The van der Waals surface area contributed by atoms with Crippen molar-refractivity contribution in [2.24, 2.45) is 10.9 Å². The highest BCUT2D eigenvalue weighted by Crippen LogP contribution is 2.33. The number of urea groups is 1. The monoisotopic (exact) mass is 458 g/mol. The maximum atomic E-state index is 13.2. The molecule has 2 aromatic carbocycles. The Labute approximate surface area is 191 Å². The van der Waals surface area contributed by atoms with Crippen molar-refractivity contribution in [1.82, 2.24) is 5.32 Å². The smallest absolute Gasteiger partial charge is 0.311 e. The highest BCUT2D eigenvalue weighted by molar-refractivity contribution is 6.44. The normalized spacial score (nSPS) is 19.3. The number of anilines is 2. The summed E-state index contributed by atoms with van der Waals surface area (Å²) in [6.45, 7) is 0. The molecule has 4 rings (SSSR count). The van der Waals surface area contributed by atoms with E-state index < -0.39 is 12.2 Å². The van der Waals surface area contributed by atoms with Gasteiger partial charge in [0.1, 0.15) is 0 Å². The summed E-state index contributed by atoms with van der Waals surface area (Å²) < 4.78 is 0. The van der Waals surface area contributed by atoms with Crippen LogP contribution in [0.5, 0.6) is 0 Å². The van der Waals surface area contributed by atoms with E-state index in [-0.39, 0.29) is 16.8 Å². The third-order valence-corrected chi connectivity index (χ3v) is 6.65. The van der Waals surface area contributed by atoms with Gasteiger partial charge in [0.15, 0.2) is 0 Å². The van der Waals surface area contributed by atoms with Crippen LogP contribution in [0.4, 0.5) is 16.2 Å². The van der Waals surface area contributed by atoms with Crippen LogP contribution in [-0.2, 0) is 4.79 Å². The standard InChI is InChI=1S/C23H24Cl2N4O2/c1-29-18-13-6-5-10-15(18)20(14-8-3-2-4-9-14)27-21(22(29)30)28-23(31)26-17-12-7-11-16(24)19(17)25/h5-7,10-14,21H,2-4,8-9H2,1H3,(H2,26,28,31). The van der Waals surface area contributed by atoms with Crippen molar-refractivity contribution in [1.29, 1.82) is 0 Å². The number of benzodiazepines with no additional fused rings is 1. The fraction of sp³-hybridized carbons (Fsp3) is 0.348. The lowest BCUT2D eigenvalue weighted by atomic mass is 9.83. The Balaban J connectivity index is 1.64. The van der Waals surface area contributed by atoms with E-state index in [4.69, 9.17) is 28.2 Å². The van der Waals surface area contributed by atoms with Gasteiger partial charge in [0.2, 0.25) is 6.17 Å². The maximum Gasteiger partial charge on any atom is 0.321 e. The van der Waals surface area contributed by atoms with Gasteiger partial charge in [-0.05, 0) is 31.0 Å². The maximum absolute atomic E-state index is 13.2. The molecule has 1 heterocycles. The lowest BCUT2D eigenvalue weighted by Gasteiger charge is -2.25. The van der Waals surface area contributed by atoms with Crippen LogP contribution in [0.3, 0.4) is 0 Å². The Morgan fingerprint density at radius 3 is 2.58 bits per heavy atom. The summed E-state index contributed by atoms with van der Waals surface area (Å²) in [5.41, 5.74) is 3.01. The number of carbonyl (C=O) groups is 2. The molecule has 0 aromatic heterocycles. The van der Waals surface area contributed by atoms with Gasteiger partial charge >= 0.3 is 6.03 Å². The first kappa shape index (κ1) is 21.7. The Bertz CT molecular complexity index is 1030. The average Bonchev–Trinajstić information content (AvgIpc) is 2.88. The predicted octanol–water partition coefficient (Wildman–Crippen LogP) is 5.49. The fourth-order valence-corrected chi connectivity index (χ4v) is 4.57. The molecule has 1 unspecified atom stereocenters. The number of hydrogen-bond acceptors (Lipinski definition) is 3. The number of fused-ring (bicyclic) bond motifs is 1. The van der Waals surface area contributed by atoms with Crippen molar-refractivity contribution in [3.63, 3.8) is 0 Å². The van der Waals surface area contributed by atoms with Crippen molar-refractivity contribution >= 4 is 52.2 Å². The predicted molar refractivity (Wildman–Crippen MR) is 125 cm³/mol. The second kappa shape index (κ2) is 9.28. The van der Waals surface area contributed by atoms with Gasteiger partial charge in [-0.15, -0.1) is 0 Å². The lowest BCUT2D eigenvalue weighted by molar-refractivity contribution is -0.119. The Morgan fingerprint density at radius 1 is 1.06 bits per heavy atom. The minimum absolute atomic E-state index is 0.238. The van der Waals surface area contributed by atoms with Gasteiger partial charge in [0.05, 0.1) is 27.1 Å². The summed E-state index contributed by atoms with van der Waals surface area (Å²) in [4.78, 5) is 32.2. The molecule has 0 radical (unpaired) electrons. The summed E-state index contributed by atoms with van der Waals surface area (Å²) in [6, 6.07) is 12.2. The molecule has 31 heavy (non-hydrogen) atoms. The van der Waals surface area contributed by atoms with Crippen molar-refractivity contribution in [3.05, 3.63) is 58.1 Å². The van der Waals surface area contributed by atoms with E-state index in [1.54, 1.807) is 30.1 Å². The first-order valence-electron chi connectivity index (χ1n) is 10.4. The topological polar surface area (TPSA) is 73.8 Å². The molecule has 1 atom stereocenters. The quantitative estimate of drug-likeness (QED) is 0.637. The first-order valence-corrected chi connectivity index (χ1v) is 11.2. The van der Waals surface area contributed by atoms with Crippen LogP contribution >= 0.6 is 23.2 Å². The third-order valence-electron chi connectivity index (χ3n) is 5.83. The van der Waals surface area contributed by atoms with Crippen molar-refractivity contribution in [2.75, 3.05) is 17.3 Å². The number of carbonyl (C=O) groups excluding carboxylic acids is 2. The number of benzene rings is 2. The number of rotatable bonds is 3. The number of likely N-dealkylation sites (N-methyl/N-ethyl adjacent to an activating group) is 1. The van der Waals surface area contributed by atoms with Crippen LogP contribution in [0.25, 0.3) is 0 Å². The number of para-hydroxylation sites is 1. The average molecular weight is 459 g/mol. The van der Waals surface area contributed by atoms with Gasteiger partial charge in [-0.1, -0.05) is 66.7 Å². The molecule has 2 N–H and O–H groups in total. The molecule has 1 aliphatic carbocycles. The number of amides is 3. The number of hydrogen-bond donors (Lipinski definition) is 2. The fourth-order valence-electron chi connectivity index (χ4n) is 4.23. The van der Waals surface area contributed by atoms with E-state index in [0.29, 0.717) is 10.7 Å². The third kappa shape index (κ3) is 4.55. The highest BCUT2D eigenvalue weighted by atomic mass is 35.5. The summed E-state index contributed by atoms with van der Waals surface area (Å²) in [6.07, 6.45) is 4.52. The molecule has 8 heteroatoms. The number of nitrogens with one attached hydrogen (secondary N) is 2. The van der Waals surface area contributed by atoms with Crippen molar-refractivity contribution < 1.29 is 9.59 Å². The van der Waals surface area contributed by atoms with Crippen LogP contribution in [0.15, 0.2) is 47.5 Å². The Kier molecular flexibility index (Phi) is 6.49. The van der Waals surface area contributed by atoms with E-state index in [0.717, 1.165) is 42.6 Å². The molecule has 2 aromatic rings. The molecule has 2 aliphatic rings. The second-order valence-corrected chi connectivity index (χ2v) is 8.65. The zero-order valence-corrected chi connectivity index (χ0v) is 18.7. The zero-order valence-electron chi connectivity index (χ0n) is 17.2. The highest BCUT2D eigenvalue weighted by Gasteiger charge is 2.33. The molecule has 0 spiro atoms. The van der Waals surface area contributed by atoms with Crippen molar-refractivity contribution in [2.45, 2.75) is 38.3 Å². The zero-order chi connectivity index (χ0) is 22.0. The van der Waals surface area contributed by atoms with Crippen molar-refractivity contribution in [3.8, 4) is 0 Å². The van der Waals surface area contributed by atoms with E-state index in [9.17, 15) is 9.59 Å². The first-order chi connectivity index (χ1) is 15.0. The van der Waals surface area contributed by atoms with Crippen LogP contribution in [-0.4, -0.2) is 30.9 Å². The summed E-state index contributed by atoms with van der Waals surface area (Å²) in [5.74, 6) is -0.0328. The molecule has 3 amide bonds. The molecular weight excluding hydrogens is 435 g/mol. The van der Waals surface area contributed by atoms with Crippen LogP contribution in [0.1, 0.15) is 37.7 Å². The number of halogens is 2.